The van der Waals surface area contributed by atoms with Gasteiger partial charge in [0.25, 0.3) is 0 Å². The van der Waals surface area contributed by atoms with E-state index in [1.165, 1.54) is 24.3 Å². The molecule has 1 aromatic heterocycles. The third-order valence-electron chi connectivity index (χ3n) is 3.22. The lowest BCUT2D eigenvalue weighted by molar-refractivity contribution is 0.0319. The number of benzene rings is 1. The molecule has 0 aliphatic heterocycles. The highest BCUT2D eigenvalue weighted by Crippen LogP contribution is 2.18. The number of hydrogen-bond acceptors (Lipinski definition) is 9. The maximum Gasteiger partial charge on any atom is 0.338 e. The van der Waals surface area contributed by atoms with Crippen molar-refractivity contribution in [2.45, 2.75) is 17.9 Å². The van der Waals surface area contributed by atoms with Gasteiger partial charge in [-0.2, -0.15) is 15.0 Å². The van der Waals surface area contributed by atoms with Crippen molar-refractivity contribution in [3.8, 4) is 0 Å². The second-order valence-corrected chi connectivity index (χ2v) is 7.61. The Bertz CT molecular complexity index is 881. The Labute approximate surface area is 145 Å². The Morgan fingerprint density at radius 3 is 2.28 bits per heavy atom. The molecule has 10 heteroatoms. The Kier molecular flexibility index (Phi) is 5.21. The molecule has 0 aliphatic rings. The third kappa shape index (κ3) is 4.63. The first-order valence-electron chi connectivity index (χ1n) is 7.28. The van der Waals surface area contributed by atoms with E-state index >= 15 is 0 Å². The summed E-state index contributed by atoms with van der Waals surface area (Å²) >= 11 is 0. The van der Waals surface area contributed by atoms with Crippen molar-refractivity contribution < 1.29 is 17.9 Å². The van der Waals surface area contributed by atoms with Gasteiger partial charge in [-0.1, -0.05) is 0 Å². The van der Waals surface area contributed by atoms with Gasteiger partial charge in [-0.05, 0) is 31.2 Å². The van der Waals surface area contributed by atoms with Crippen LogP contribution in [-0.4, -0.2) is 49.7 Å². The average molecular weight is 365 g/mol. The summed E-state index contributed by atoms with van der Waals surface area (Å²) in [7, 11) is 0.171. The number of carbonyl (C=O) groups is 1. The molecule has 0 saturated heterocycles. The maximum atomic E-state index is 12.2. The molecular weight excluding hydrogens is 346 g/mol. The number of anilines is 2. The van der Waals surface area contributed by atoms with Crippen LogP contribution >= 0.6 is 0 Å². The highest BCUT2D eigenvalue weighted by molar-refractivity contribution is 7.90. The van der Waals surface area contributed by atoms with Crippen molar-refractivity contribution >= 4 is 27.7 Å². The SMILES string of the molecule is C[C@H](OC(=O)c1ccc(S(C)(=O)=O)cc1)c1nc(N)nc(N(C)C)n1. The minimum Gasteiger partial charge on any atom is -0.451 e. The molecule has 0 fully saturated rings. The normalized spacial score (nSPS) is 12.5. The summed E-state index contributed by atoms with van der Waals surface area (Å²) in [5.41, 5.74) is 5.86. The number of sulfone groups is 1. The molecule has 9 nitrogen and oxygen atoms in total. The zero-order valence-electron chi connectivity index (χ0n) is 14.3. The molecule has 2 aromatic rings. The molecule has 0 unspecified atom stereocenters. The quantitative estimate of drug-likeness (QED) is 0.766. The molecular formula is C15H19N5O4S. The van der Waals surface area contributed by atoms with Crippen LogP contribution in [0, 0.1) is 0 Å². The van der Waals surface area contributed by atoms with E-state index in [-0.39, 0.29) is 22.2 Å². The smallest absolute Gasteiger partial charge is 0.338 e. The highest BCUT2D eigenvalue weighted by Gasteiger charge is 2.19. The lowest BCUT2D eigenvalue weighted by atomic mass is 10.2. The van der Waals surface area contributed by atoms with Gasteiger partial charge >= 0.3 is 5.97 Å². The molecule has 1 aromatic carbocycles. The molecule has 0 radical (unpaired) electrons. The molecule has 1 heterocycles. The zero-order valence-corrected chi connectivity index (χ0v) is 15.1. The molecule has 0 saturated carbocycles. The minimum atomic E-state index is -3.33. The third-order valence-corrected chi connectivity index (χ3v) is 4.35. The molecule has 0 amide bonds. The molecule has 25 heavy (non-hydrogen) atoms. The van der Waals surface area contributed by atoms with Crippen molar-refractivity contribution in [2.75, 3.05) is 31.0 Å². The predicted molar refractivity (Wildman–Crippen MR) is 91.9 cm³/mol. The number of hydrogen-bond donors (Lipinski definition) is 1. The van der Waals surface area contributed by atoms with Crippen LogP contribution in [0.4, 0.5) is 11.9 Å². The zero-order chi connectivity index (χ0) is 18.8. The summed E-state index contributed by atoms with van der Waals surface area (Å²) in [6.45, 7) is 1.61. The first-order chi connectivity index (χ1) is 11.6. The summed E-state index contributed by atoms with van der Waals surface area (Å²) in [6, 6.07) is 5.47. The van der Waals surface area contributed by atoms with Gasteiger partial charge < -0.3 is 15.4 Å². The average Bonchev–Trinajstić information content (AvgIpc) is 2.53. The molecule has 0 aliphatic carbocycles. The number of nitrogen functional groups attached to an aromatic ring is 1. The number of ether oxygens (including phenoxy) is 1. The van der Waals surface area contributed by atoms with Gasteiger partial charge in [-0.3, -0.25) is 0 Å². The van der Waals surface area contributed by atoms with E-state index in [1.54, 1.807) is 25.9 Å². The number of rotatable bonds is 5. The van der Waals surface area contributed by atoms with Crippen molar-refractivity contribution in [1.29, 1.82) is 0 Å². The fourth-order valence-electron chi connectivity index (χ4n) is 1.90. The van der Waals surface area contributed by atoms with E-state index in [0.29, 0.717) is 5.95 Å². The van der Waals surface area contributed by atoms with Gasteiger partial charge in [0, 0.05) is 20.4 Å². The minimum absolute atomic E-state index is 0.0223. The number of aromatic nitrogens is 3. The number of nitrogens with zero attached hydrogens (tertiary/aromatic N) is 4. The number of carbonyl (C=O) groups excluding carboxylic acids is 1. The number of esters is 1. The van der Waals surface area contributed by atoms with E-state index in [4.69, 9.17) is 10.5 Å². The van der Waals surface area contributed by atoms with Crippen LogP contribution in [-0.2, 0) is 14.6 Å². The second kappa shape index (κ2) is 7.01. The van der Waals surface area contributed by atoms with Crippen LogP contribution in [0.2, 0.25) is 0 Å². The number of nitrogens with two attached hydrogens (primary N) is 1. The Morgan fingerprint density at radius 2 is 1.76 bits per heavy atom. The van der Waals surface area contributed by atoms with E-state index in [1.807, 2.05) is 0 Å². The Balaban J connectivity index is 2.17. The monoisotopic (exact) mass is 365 g/mol. The van der Waals surface area contributed by atoms with Gasteiger partial charge in [0.1, 0.15) is 0 Å². The van der Waals surface area contributed by atoms with E-state index < -0.39 is 21.9 Å². The van der Waals surface area contributed by atoms with Gasteiger partial charge in [-0.25, -0.2) is 13.2 Å². The van der Waals surface area contributed by atoms with Gasteiger partial charge in [0.05, 0.1) is 10.5 Å². The van der Waals surface area contributed by atoms with E-state index in [0.717, 1.165) is 6.26 Å². The summed E-state index contributed by atoms with van der Waals surface area (Å²) < 4.78 is 28.2. The van der Waals surface area contributed by atoms with Crippen LogP contribution in [0.15, 0.2) is 29.2 Å². The summed E-state index contributed by atoms with van der Waals surface area (Å²) in [4.78, 5) is 26.1. The fraction of sp³-hybridized carbons (Fsp3) is 0.333. The first kappa shape index (κ1) is 18.6. The lowest BCUT2D eigenvalue weighted by Gasteiger charge is -2.15. The Hall–Kier alpha value is -2.75. The van der Waals surface area contributed by atoms with Crippen LogP contribution in [0.5, 0.6) is 0 Å². The topological polar surface area (TPSA) is 128 Å². The van der Waals surface area contributed by atoms with Crippen LogP contribution < -0.4 is 10.6 Å². The lowest BCUT2D eigenvalue weighted by Crippen LogP contribution is -2.18. The Morgan fingerprint density at radius 1 is 1.16 bits per heavy atom. The molecule has 134 valence electrons. The van der Waals surface area contributed by atoms with Crippen LogP contribution in [0.3, 0.4) is 0 Å². The van der Waals surface area contributed by atoms with Gasteiger partial charge in [0.15, 0.2) is 21.8 Å². The summed E-state index contributed by atoms with van der Waals surface area (Å²) in [6.07, 6.45) is 0.335. The van der Waals surface area contributed by atoms with Crippen molar-refractivity contribution in [2.24, 2.45) is 0 Å². The predicted octanol–water partition coefficient (Wildman–Crippen LogP) is 0.841. The molecule has 1 atom stereocenters. The van der Waals surface area contributed by atoms with E-state index in [2.05, 4.69) is 15.0 Å². The summed E-state index contributed by atoms with van der Waals surface area (Å²) in [5.74, 6) is -0.0350. The fourth-order valence-corrected chi connectivity index (χ4v) is 2.53. The van der Waals surface area contributed by atoms with Crippen molar-refractivity contribution in [3.63, 3.8) is 0 Å². The van der Waals surface area contributed by atoms with Gasteiger partial charge in [0.2, 0.25) is 11.9 Å². The van der Waals surface area contributed by atoms with Crippen LogP contribution in [0.25, 0.3) is 0 Å². The molecule has 0 spiro atoms. The highest BCUT2D eigenvalue weighted by atomic mass is 32.2. The molecule has 0 bridgehead atoms. The van der Waals surface area contributed by atoms with Crippen LogP contribution in [0.1, 0.15) is 29.2 Å². The standard InChI is InChI=1S/C15H19N5O4S/c1-9(12-17-14(16)19-15(18-12)20(2)3)24-13(21)10-5-7-11(8-6-10)25(4,22)23/h5-9H,1-4H3,(H2,16,17,18,19)/t9-/m0/s1. The second-order valence-electron chi connectivity index (χ2n) is 5.59. The largest absolute Gasteiger partial charge is 0.451 e. The maximum absolute atomic E-state index is 12.2. The summed E-state index contributed by atoms with van der Waals surface area (Å²) in [5, 5.41) is 0. The van der Waals surface area contributed by atoms with Crippen molar-refractivity contribution in [1.82, 2.24) is 15.0 Å². The molecule has 2 N–H and O–H groups in total. The van der Waals surface area contributed by atoms with Crippen molar-refractivity contribution in [3.05, 3.63) is 35.7 Å². The van der Waals surface area contributed by atoms with Gasteiger partial charge in [-0.15, -0.1) is 0 Å². The first-order valence-corrected chi connectivity index (χ1v) is 9.17. The molecule has 2 rings (SSSR count). The van der Waals surface area contributed by atoms with E-state index in [9.17, 15) is 13.2 Å².